The quantitative estimate of drug-likeness (QED) is 0.453. The maximum absolute atomic E-state index is 11.2. The first-order valence-corrected chi connectivity index (χ1v) is 14.3. The van der Waals surface area contributed by atoms with Crippen molar-refractivity contribution in [3.05, 3.63) is 0 Å². The molecule has 196 valence electrons. The summed E-state index contributed by atoms with van der Waals surface area (Å²) in [7, 11) is 0. The van der Waals surface area contributed by atoms with Gasteiger partial charge in [0.05, 0.1) is 11.7 Å². The molecule has 10 atom stereocenters. The van der Waals surface area contributed by atoms with Gasteiger partial charge < -0.3 is 20.1 Å². The zero-order chi connectivity index (χ0) is 25.2. The molecule has 0 aromatic rings. The van der Waals surface area contributed by atoms with Crippen LogP contribution in [0.5, 0.6) is 0 Å². The predicted molar refractivity (Wildman–Crippen MR) is 135 cm³/mol. The topological polar surface area (TPSA) is 69.9 Å². The van der Waals surface area contributed by atoms with Crippen molar-refractivity contribution in [3.63, 3.8) is 0 Å². The van der Waals surface area contributed by atoms with Gasteiger partial charge in [-0.3, -0.25) is 0 Å². The molecule has 1 heterocycles. The number of hydrogen-bond acceptors (Lipinski definition) is 4. The molecule has 0 amide bonds. The molecule has 0 spiro atoms. The van der Waals surface area contributed by atoms with E-state index in [9.17, 15) is 15.3 Å². The van der Waals surface area contributed by atoms with Crippen molar-refractivity contribution in [2.75, 3.05) is 0 Å². The van der Waals surface area contributed by atoms with Crippen molar-refractivity contribution in [1.82, 2.24) is 0 Å². The van der Waals surface area contributed by atoms with Gasteiger partial charge in [-0.1, -0.05) is 34.6 Å². The number of ether oxygens (including phenoxy) is 1. The van der Waals surface area contributed by atoms with E-state index in [1.165, 1.54) is 32.1 Å². The van der Waals surface area contributed by atoms with E-state index in [4.69, 9.17) is 4.74 Å². The molecule has 34 heavy (non-hydrogen) atoms. The van der Waals surface area contributed by atoms with Crippen LogP contribution in [0.3, 0.4) is 0 Å². The van der Waals surface area contributed by atoms with Gasteiger partial charge in [0.25, 0.3) is 0 Å². The molecule has 0 radical (unpaired) electrons. The average molecular weight is 477 g/mol. The Morgan fingerprint density at radius 2 is 1.35 bits per heavy atom. The third-order valence-corrected chi connectivity index (χ3v) is 13.5. The van der Waals surface area contributed by atoms with E-state index < -0.39 is 11.4 Å². The zero-order valence-corrected chi connectivity index (χ0v) is 23.2. The van der Waals surface area contributed by atoms with E-state index in [1.807, 2.05) is 0 Å². The van der Waals surface area contributed by atoms with Crippen LogP contribution >= 0.6 is 0 Å². The number of fused-ring (bicyclic) bond motifs is 5. The summed E-state index contributed by atoms with van der Waals surface area (Å²) < 4.78 is 6.47. The Bertz CT molecular complexity index is 832. The summed E-state index contributed by atoms with van der Waals surface area (Å²) in [5.74, 6) is 0.877. The lowest BCUT2D eigenvalue weighted by molar-refractivity contribution is -0.306. The molecular formula is C30H52O4. The van der Waals surface area contributed by atoms with E-state index in [0.717, 1.165) is 25.7 Å². The van der Waals surface area contributed by atoms with Crippen LogP contribution in [0, 0.1) is 45.3 Å². The van der Waals surface area contributed by atoms with Crippen LogP contribution in [-0.4, -0.2) is 38.4 Å². The summed E-state index contributed by atoms with van der Waals surface area (Å²) in [4.78, 5) is 0. The number of aliphatic hydroxyl groups excluding tert-OH is 1. The summed E-state index contributed by atoms with van der Waals surface area (Å²) in [5.41, 5.74) is -0.764. The van der Waals surface area contributed by atoms with Crippen molar-refractivity contribution in [1.29, 1.82) is 0 Å². The molecule has 0 bridgehead atoms. The van der Waals surface area contributed by atoms with E-state index in [1.54, 1.807) is 13.8 Å². The van der Waals surface area contributed by atoms with E-state index in [0.29, 0.717) is 40.9 Å². The predicted octanol–water partition coefficient (Wildman–Crippen LogP) is 6.06. The van der Waals surface area contributed by atoms with Crippen LogP contribution < -0.4 is 0 Å². The highest BCUT2D eigenvalue weighted by molar-refractivity contribution is 5.19. The molecular weight excluding hydrogens is 424 g/mol. The second-order valence-electron chi connectivity index (χ2n) is 15.4. The lowest BCUT2D eigenvalue weighted by atomic mass is 9.35. The van der Waals surface area contributed by atoms with Gasteiger partial charge in [0.2, 0.25) is 0 Å². The first-order chi connectivity index (χ1) is 15.4. The summed E-state index contributed by atoms with van der Waals surface area (Å²) in [6, 6.07) is 0. The fourth-order valence-electron chi connectivity index (χ4n) is 11.1. The summed E-state index contributed by atoms with van der Waals surface area (Å²) in [5, 5.41) is 32.7. The van der Waals surface area contributed by atoms with Gasteiger partial charge in [-0.2, -0.15) is 0 Å². The number of aliphatic hydroxyl groups is 3. The summed E-state index contributed by atoms with van der Waals surface area (Å²) >= 11 is 0. The first kappa shape index (κ1) is 25.5. The van der Waals surface area contributed by atoms with Gasteiger partial charge in [-0.25, -0.2) is 0 Å². The van der Waals surface area contributed by atoms with Gasteiger partial charge in [-0.15, -0.1) is 0 Å². The van der Waals surface area contributed by atoms with Crippen molar-refractivity contribution in [3.8, 4) is 0 Å². The molecule has 5 rings (SSSR count). The highest BCUT2D eigenvalue weighted by Gasteiger charge is 2.70. The van der Waals surface area contributed by atoms with Crippen molar-refractivity contribution < 1.29 is 20.1 Å². The Labute approximate surface area is 208 Å². The third-order valence-electron chi connectivity index (χ3n) is 13.5. The first-order valence-electron chi connectivity index (χ1n) is 14.3. The molecule has 5 aliphatic rings. The fraction of sp³-hybridized carbons (Fsp3) is 1.00. The SMILES string of the molecule is CC1(C)[C@H](O)CC[C@]2(C)[C@H]3CC[C@@H]4[C@@H]([C@]5(C)CC[C@@](O)(C(C)(C)O)O5)CC[C@@]4(C)[C@]3(C)CC[C@@H]12. The normalized spacial score (nSPS) is 57.1. The number of rotatable bonds is 2. The minimum atomic E-state index is -1.46. The Balaban J connectivity index is 1.45. The van der Waals surface area contributed by atoms with Crippen LogP contribution in [0.4, 0.5) is 0 Å². The minimum Gasteiger partial charge on any atom is -0.393 e. The van der Waals surface area contributed by atoms with Crippen LogP contribution in [-0.2, 0) is 4.74 Å². The van der Waals surface area contributed by atoms with Crippen molar-refractivity contribution in [2.24, 2.45) is 45.3 Å². The van der Waals surface area contributed by atoms with Crippen LogP contribution in [0.25, 0.3) is 0 Å². The second kappa shape index (κ2) is 7.23. The van der Waals surface area contributed by atoms with Gasteiger partial charge >= 0.3 is 0 Å². The van der Waals surface area contributed by atoms with Crippen LogP contribution in [0.15, 0.2) is 0 Å². The number of hydrogen-bond donors (Lipinski definition) is 3. The Kier molecular flexibility index (Phi) is 5.42. The molecule has 0 aromatic carbocycles. The lowest BCUT2D eigenvalue weighted by Crippen LogP contribution is -2.64. The largest absolute Gasteiger partial charge is 0.393 e. The molecule has 3 N–H and O–H groups in total. The van der Waals surface area contributed by atoms with Crippen molar-refractivity contribution in [2.45, 2.75) is 143 Å². The summed E-state index contributed by atoms with van der Waals surface area (Å²) in [6.07, 6.45) is 10.7. The molecule has 5 fully saturated rings. The molecule has 4 nitrogen and oxygen atoms in total. The molecule has 1 aliphatic heterocycles. The summed E-state index contributed by atoms with van der Waals surface area (Å²) in [6.45, 7) is 18.0. The monoisotopic (exact) mass is 476 g/mol. The van der Waals surface area contributed by atoms with Crippen LogP contribution in [0.1, 0.15) is 120 Å². The molecule has 4 saturated carbocycles. The van der Waals surface area contributed by atoms with Gasteiger partial charge in [-0.05, 0) is 124 Å². The fourth-order valence-corrected chi connectivity index (χ4v) is 11.1. The molecule has 1 saturated heterocycles. The molecule has 4 heteroatoms. The van der Waals surface area contributed by atoms with E-state index in [2.05, 4.69) is 41.5 Å². The zero-order valence-electron chi connectivity index (χ0n) is 23.2. The molecule has 4 aliphatic carbocycles. The van der Waals surface area contributed by atoms with E-state index in [-0.39, 0.29) is 22.5 Å². The maximum atomic E-state index is 11.2. The van der Waals surface area contributed by atoms with Gasteiger partial charge in [0.15, 0.2) is 5.79 Å². The minimum absolute atomic E-state index is 0.00296. The van der Waals surface area contributed by atoms with Gasteiger partial charge in [0, 0.05) is 6.42 Å². The average Bonchev–Trinajstić information content (AvgIpc) is 3.24. The Morgan fingerprint density at radius 1 is 0.706 bits per heavy atom. The van der Waals surface area contributed by atoms with E-state index >= 15 is 0 Å². The van der Waals surface area contributed by atoms with Crippen molar-refractivity contribution >= 4 is 0 Å². The molecule has 0 aromatic heterocycles. The Morgan fingerprint density at radius 3 is 1.97 bits per heavy atom. The lowest BCUT2D eigenvalue weighted by Gasteiger charge is -2.70. The Hall–Kier alpha value is -0.160. The third kappa shape index (κ3) is 3.04. The maximum Gasteiger partial charge on any atom is 0.194 e. The highest BCUT2D eigenvalue weighted by Crippen LogP contribution is 2.76. The highest BCUT2D eigenvalue weighted by atomic mass is 16.7. The van der Waals surface area contributed by atoms with Gasteiger partial charge in [0.1, 0.15) is 5.60 Å². The smallest absolute Gasteiger partial charge is 0.194 e. The second-order valence-corrected chi connectivity index (χ2v) is 15.4. The van der Waals surface area contributed by atoms with Crippen LogP contribution in [0.2, 0.25) is 0 Å². The standard InChI is InChI=1S/C30H52O4/c1-24(2)21-12-16-28(7)22(26(21,5)14-13-23(24)31)10-9-19-20(11-15-27(19,28)6)29(8)17-18-30(33,34-29)25(3,4)32/h19-23,31-33H,9-18H2,1-8H3/t19-,20+,21+,22-,23-,26+,27-,28-,29+,30+/m1/s1. The molecule has 0 unspecified atom stereocenters.